The van der Waals surface area contributed by atoms with Gasteiger partial charge in [0.1, 0.15) is 23.0 Å². The van der Waals surface area contributed by atoms with E-state index < -0.39 is 10.8 Å². The van der Waals surface area contributed by atoms with Gasteiger partial charge in [-0.3, -0.25) is 0 Å². The van der Waals surface area contributed by atoms with Crippen molar-refractivity contribution in [2.75, 3.05) is 0 Å². The van der Waals surface area contributed by atoms with Gasteiger partial charge in [0.05, 0.1) is 33.3 Å². The van der Waals surface area contributed by atoms with Gasteiger partial charge in [-0.05, 0) is 126 Å². The van der Waals surface area contributed by atoms with Gasteiger partial charge in [-0.25, -0.2) is 19.9 Å². The zero-order valence-electron chi connectivity index (χ0n) is 50.6. The highest BCUT2D eigenvalue weighted by atomic mass is 16.5. The molecule has 20 rings (SSSR count). The molecule has 2 aliphatic carbocycles. The number of fused-ring (bicyclic) bond motifs is 21. The summed E-state index contributed by atoms with van der Waals surface area (Å²) < 4.78 is 14.3. The van der Waals surface area contributed by atoms with Crippen molar-refractivity contribution in [3.8, 4) is 113 Å². The highest BCUT2D eigenvalue weighted by molar-refractivity contribution is 6.04. The lowest BCUT2D eigenvalue weighted by atomic mass is 9.65. The van der Waals surface area contributed by atoms with Crippen LogP contribution in [0, 0.1) is 0 Å². The fourth-order valence-corrected chi connectivity index (χ4v) is 16.2. The number of benzene rings is 14. The number of para-hydroxylation sites is 2. The lowest BCUT2D eigenvalue weighted by Crippen LogP contribution is -2.32. The molecule has 4 heterocycles. The maximum absolute atomic E-state index is 7.28. The molecule has 4 aliphatic rings. The first-order valence-electron chi connectivity index (χ1n) is 32.1. The summed E-state index contributed by atoms with van der Waals surface area (Å²) in [7, 11) is 0. The molecule has 2 aliphatic heterocycles. The summed E-state index contributed by atoms with van der Waals surface area (Å²) in [5.41, 5.74) is 24.4. The van der Waals surface area contributed by atoms with Crippen LogP contribution in [0.4, 0.5) is 0 Å². The first kappa shape index (κ1) is 52.4. The first-order chi connectivity index (χ1) is 46.6. The minimum absolute atomic E-state index is 0.583. The molecule has 0 unspecified atom stereocenters. The van der Waals surface area contributed by atoms with Crippen molar-refractivity contribution in [3.05, 3.63) is 360 Å². The fourth-order valence-electron chi connectivity index (χ4n) is 16.2. The quantitative estimate of drug-likeness (QED) is 0.165. The van der Waals surface area contributed by atoms with E-state index in [4.69, 9.17) is 29.4 Å². The van der Waals surface area contributed by atoms with E-state index in [1.807, 2.05) is 6.07 Å². The van der Waals surface area contributed by atoms with Gasteiger partial charge in [0.15, 0.2) is 11.6 Å². The molecular weight excluding hydrogens is 1140 g/mol. The highest BCUT2D eigenvalue weighted by Crippen LogP contribution is 2.64. The Kier molecular flexibility index (Phi) is 11.2. The van der Waals surface area contributed by atoms with E-state index in [9.17, 15) is 0 Å². The highest BCUT2D eigenvalue weighted by Gasteiger charge is 2.53. The third-order valence-electron chi connectivity index (χ3n) is 20.2. The SMILES string of the molecule is c1ccc(-c2ccc(-c3nc(-c4ccc5c(c4)Oc4ccccc4C54c5ccccc5-c5ccccc54)nc4ccc(-c5ccc6c(c5)C5(c7ccc(-c8nc(-c9cccc%10ccccc9%10)c9ccccc9n8)cc7O6)c6ccccc6-c6ccccc65)cc34)cc2)cc1. The molecule has 0 saturated carbocycles. The predicted octanol–water partition coefficient (Wildman–Crippen LogP) is 21.7. The maximum atomic E-state index is 7.28. The van der Waals surface area contributed by atoms with Gasteiger partial charge in [0.2, 0.25) is 0 Å². The molecule has 2 spiro atoms. The topological polar surface area (TPSA) is 70.0 Å². The Bertz CT molecular complexity index is 5800. The second-order valence-electron chi connectivity index (χ2n) is 25.0. The van der Waals surface area contributed by atoms with Crippen LogP contribution >= 0.6 is 0 Å². The van der Waals surface area contributed by atoms with E-state index in [0.29, 0.717) is 11.6 Å². The van der Waals surface area contributed by atoms with Gasteiger partial charge in [-0.15, -0.1) is 0 Å². The van der Waals surface area contributed by atoms with E-state index in [1.54, 1.807) is 0 Å². The average molecular weight is 1200 g/mol. The molecule has 0 saturated heterocycles. The van der Waals surface area contributed by atoms with Gasteiger partial charge in [-0.1, -0.05) is 267 Å². The van der Waals surface area contributed by atoms with Gasteiger partial charge >= 0.3 is 0 Å². The van der Waals surface area contributed by atoms with E-state index in [2.05, 4.69) is 309 Å². The largest absolute Gasteiger partial charge is 0.457 e. The zero-order chi connectivity index (χ0) is 61.6. The molecule has 0 fully saturated rings. The number of hydrogen-bond acceptors (Lipinski definition) is 6. The van der Waals surface area contributed by atoms with E-state index in [1.165, 1.54) is 44.5 Å². The summed E-state index contributed by atoms with van der Waals surface area (Å²) in [6, 6.07) is 113. The average Bonchev–Trinajstić information content (AvgIpc) is 1.49. The van der Waals surface area contributed by atoms with E-state index in [-0.39, 0.29) is 0 Å². The van der Waals surface area contributed by atoms with Crippen LogP contribution in [0.5, 0.6) is 23.0 Å². The summed E-state index contributed by atoms with van der Waals surface area (Å²) in [6.45, 7) is 0. The molecule has 0 radical (unpaired) electrons. The minimum atomic E-state index is -0.742. The summed E-state index contributed by atoms with van der Waals surface area (Å²) >= 11 is 0. The normalized spacial score (nSPS) is 13.7. The maximum Gasteiger partial charge on any atom is 0.160 e. The number of rotatable bonds is 6. The molecule has 16 aromatic rings. The van der Waals surface area contributed by atoms with Crippen LogP contribution in [-0.2, 0) is 10.8 Å². The van der Waals surface area contributed by atoms with Crippen LogP contribution in [0.25, 0.3) is 122 Å². The second-order valence-corrected chi connectivity index (χ2v) is 25.0. The summed E-state index contributed by atoms with van der Waals surface area (Å²) in [4.78, 5) is 21.8. The monoisotopic (exact) mass is 1200 g/mol. The van der Waals surface area contributed by atoms with Crippen LogP contribution < -0.4 is 9.47 Å². The van der Waals surface area contributed by atoms with Crippen molar-refractivity contribution >= 4 is 32.6 Å². The first-order valence-corrected chi connectivity index (χ1v) is 32.1. The van der Waals surface area contributed by atoms with Gasteiger partial charge < -0.3 is 9.47 Å². The van der Waals surface area contributed by atoms with E-state index >= 15 is 0 Å². The van der Waals surface area contributed by atoms with Gasteiger partial charge in [0, 0.05) is 55.3 Å². The van der Waals surface area contributed by atoms with Crippen LogP contribution in [0.15, 0.2) is 315 Å². The lowest BCUT2D eigenvalue weighted by Gasteiger charge is -2.39. The van der Waals surface area contributed by atoms with Crippen molar-refractivity contribution in [1.29, 1.82) is 0 Å². The number of hydrogen-bond donors (Lipinski definition) is 0. The Hall–Kier alpha value is -12.4. The summed E-state index contributed by atoms with van der Waals surface area (Å²) in [6.07, 6.45) is 0. The van der Waals surface area contributed by atoms with Crippen molar-refractivity contribution in [1.82, 2.24) is 19.9 Å². The Morgan fingerprint density at radius 1 is 0.213 bits per heavy atom. The zero-order valence-corrected chi connectivity index (χ0v) is 50.6. The Labute approximate surface area is 542 Å². The van der Waals surface area contributed by atoms with Gasteiger partial charge in [-0.2, -0.15) is 0 Å². The lowest BCUT2D eigenvalue weighted by molar-refractivity contribution is 0.436. The van der Waals surface area contributed by atoms with E-state index in [0.717, 1.165) is 134 Å². The molecule has 0 N–H and O–H groups in total. The fraction of sp³-hybridized carbons (Fsp3) is 0.0227. The number of ether oxygens (including phenoxy) is 2. The molecule has 14 aromatic carbocycles. The van der Waals surface area contributed by atoms with Crippen LogP contribution in [0.2, 0.25) is 0 Å². The van der Waals surface area contributed by atoms with Crippen LogP contribution in [0.3, 0.4) is 0 Å². The van der Waals surface area contributed by atoms with Crippen LogP contribution in [-0.4, -0.2) is 19.9 Å². The number of nitrogens with zero attached hydrogens (tertiary/aromatic N) is 4. The molecule has 436 valence electrons. The molecule has 0 amide bonds. The second kappa shape index (κ2) is 20.1. The molecule has 6 heteroatoms. The molecule has 0 atom stereocenters. The Balaban J connectivity index is 0.742. The molecular formula is C88H52N4O2. The molecule has 2 aromatic heterocycles. The molecule has 0 bridgehead atoms. The standard InChI is InChI=1S/C88H52N4O2/c1-2-19-53(20-3-1)54-37-39-56(40-38-54)83-68-49-57(43-47-78(68)90-85(91-83)59-41-45-74-81(51-59)93-79-36-17-15-34-73(79)87(74)69-30-11-6-24-62(69)63-25-7-12-31-70(63)87)58-44-48-80-76(50-58)88(71-32-13-8-26-64(71)65-27-9-14-33-72(65)88)75-46-42-60(52-82(75)94-80)86-89-77-35-16-10-28-67(77)84(92-86)66-29-18-22-55-21-4-5-23-61(55)66/h1-52H. The minimum Gasteiger partial charge on any atom is -0.457 e. The predicted molar refractivity (Wildman–Crippen MR) is 378 cm³/mol. The Morgan fingerprint density at radius 3 is 1.29 bits per heavy atom. The van der Waals surface area contributed by atoms with Crippen molar-refractivity contribution in [2.45, 2.75) is 10.8 Å². The summed E-state index contributed by atoms with van der Waals surface area (Å²) in [5, 5.41) is 4.25. The third-order valence-corrected chi connectivity index (χ3v) is 20.2. The third kappa shape index (κ3) is 7.47. The molecule has 6 nitrogen and oxygen atoms in total. The smallest absolute Gasteiger partial charge is 0.160 e. The van der Waals surface area contributed by atoms with Crippen molar-refractivity contribution < 1.29 is 9.47 Å². The van der Waals surface area contributed by atoms with Crippen molar-refractivity contribution in [3.63, 3.8) is 0 Å². The Morgan fingerprint density at radius 2 is 0.638 bits per heavy atom. The number of aromatic nitrogens is 4. The van der Waals surface area contributed by atoms with Crippen molar-refractivity contribution in [2.24, 2.45) is 0 Å². The molecule has 94 heavy (non-hydrogen) atoms. The van der Waals surface area contributed by atoms with Gasteiger partial charge in [0.25, 0.3) is 0 Å². The van der Waals surface area contributed by atoms with Crippen LogP contribution in [0.1, 0.15) is 44.5 Å². The summed E-state index contributed by atoms with van der Waals surface area (Å²) in [5.74, 6) is 4.41.